The molecule has 5 nitrogen and oxygen atoms in total. The summed E-state index contributed by atoms with van der Waals surface area (Å²) in [5.41, 5.74) is 0.589. The smallest absolute Gasteiger partial charge is 0.313 e. The minimum Gasteiger partial charge on any atom is -0.387 e. The van der Waals surface area contributed by atoms with Crippen LogP contribution in [0.1, 0.15) is 11.7 Å². The molecule has 1 heterocycles. The van der Waals surface area contributed by atoms with Crippen molar-refractivity contribution in [2.24, 2.45) is 0 Å². The van der Waals surface area contributed by atoms with Crippen LogP contribution in [0.25, 0.3) is 0 Å². The summed E-state index contributed by atoms with van der Waals surface area (Å²) < 4.78 is 13.3. The number of nitrogens with one attached hydrogen (secondary N) is 2. The van der Waals surface area contributed by atoms with Gasteiger partial charge < -0.3 is 15.7 Å². The Morgan fingerprint density at radius 3 is 2.67 bits per heavy atom. The molecule has 0 radical (unpaired) electrons. The third-order valence-electron chi connectivity index (χ3n) is 2.71. The molecular formula is C14H13FN2O3S. The van der Waals surface area contributed by atoms with Crippen molar-refractivity contribution >= 4 is 28.8 Å². The molecule has 0 saturated carbocycles. The number of aliphatic hydroxyl groups is 1. The molecular weight excluding hydrogens is 295 g/mol. The van der Waals surface area contributed by atoms with Crippen molar-refractivity contribution in [3.8, 4) is 0 Å². The van der Waals surface area contributed by atoms with Gasteiger partial charge in [-0.25, -0.2) is 4.39 Å². The monoisotopic (exact) mass is 308 g/mol. The normalized spacial score (nSPS) is 11.7. The molecule has 1 unspecified atom stereocenters. The highest BCUT2D eigenvalue weighted by Crippen LogP contribution is 2.15. The molecule has 1 atom stereocenters. The first-order chi connectivity index (χ1) is 10.1. The highest BCUT2D eigenvalue weighted by molar-refractivity contribution is 7.07. The van der Waals surface area contributed by atoms with E-state index in [-0.39, 0.29) is 12.2 Å². The first-order valence-corrected chi connectivity index (χ1v) is 7.06. The van der Waals surface area contributed by atoms with Crippen LogP contribution in [0.4, 0.5) is 10.1 Å². The zero-order valence-electron chi connectivity index (χ0n) is 10.9. The average molecular weight is 308 g/mol. The van der Waals surface area contributed by atoms with Gasteiger partial charge in [0.2, 0.25) is 0 Å². The van der Waals surface area contributed by atoms with Crippen LogP contribution in [0.15, 0.2) is 41.1 Å². The number of thiophene rings is 1. The van der Waals surface area contributed by atoms with Crippen molar-refractivity contribution < 1.29 is 19.1 Å². The number of rotatable bonds is 4. The minimum atomic E-state index is -0.988. The predicted molar refractivity (Wildman–Crippen MR) is 77.3 cm³/mol. The van der Waals surface area contributed by atoms with Gasteiger partial charge in [-0.1, -0.05) is 12.1 Å². The molecule has 0 aliphatic carbocycles. The molecule has 0 aliphatic rings. The van der Waals surface area contributed by atoms with Crippen LogP contribution in [0.2, 0.25) is 0 Å². The summed E-state index contributed by atoms with van der Waals surface area (Å²) in [6.45, 7) is -0.0970. The largest absolute Gasteiger partial charge is 0.387 e. The Kier molecular flexibility index (Phi) is 5.02. The van der Waals surface area contributed by atoms with Gasteiger partial charge in [-0.05, 0) is 34.5 Å². The molecule has 7 heteroatoms. The Labute approximate surface area is 124 Å². The lowest BCUT2D eigenvalue weighted by atomic mass is 10.2. The van der Waals surface area contributed by atoms with Gasteiger partial charge in [0, 0.05) is 6.54 Å². The molecule has 0 saturated heterocycles. The zero-order valence-corrected chi connectivity index (χ0v) is 11.7. The summed E-state index contributed by atoms with van der Waals surface area (Å²) >= 11 is 1.42. The molecule has 2 aromatic rings. The van der Waals surface area contributed by atoms with E-state index >= 15 is 0 Å². The summed E-state index contributed by atoms with van der Waals surface area (Å²) in [4.78, 5) is 23.2. The maximum absolute atomic E-state index is 13.3. The fraction of sp³-hybridized carbons (Fsp3) is 0.143. The van der Waals surface area contributed by atoms with Gasteiger partial charge in [-0.15, -0.1) is 0 Å². The van der Waals surface area contributed by atoms with Gasteiger partial charge in [-0.3, -0.25) is 9.59 Å². The van der Waals surface area contributed by atoms with Crippen LogP contribution < -0.4 is 10.6 Å². The number of hydrogen-bond acceptors (Lipinski definition) is 4. The second-order valence-corrected chi connectivity index (χ2v) is 5.00. The van der Waals surface area contributed by atoms with Crippen LogP contribution in [0.3, 0.4) is 0 Å². The average Bonchev–Trinajstić information content (AvgIpc) is 3.01. The van der Waals surface area contributed by atoms with Crippen molar-refractivity contribution in [3.63, 3.8) is 0 Å². The maximum atomic E-state index is 13.3. The van der Waals surface area contributed by atoms with Gasteiger partial charge in [0.1, 0.15) is 5.82 Å². The summed E-state index contributed by atoms with van der Waals surface area (Å²) in [5.74, 6) is -2.55. The van der Waals surface area contributed by atoms with E-state index in [9.17, 15) is 19.1 Å². The quantitative estimate of drug-likeness (QED) is 0.752. The number of benzene rings is 1. The topological polar surface area (TPSA) is 78.4 Å². The molecule has 0 bridgehead atoms. The Morgan fingerprint density at radius 1 is 1.24 bits per heavy atom. The first-order valence-electron chi connectivity index (χ1n) is 6.12. The van der Waals surface area contributed by atoms with Gasteiger partial charge in [0.05, 0.1) is 11.8 Å². The molecule has 0 aliphatic heterocycles. The number of anilines is 1. The Bertz CT molecular complexity index is 631. The molecule has 0 spiro atoms. The Balaban J connectivity index is 1.86. The number of hydrogen-bond donors (Lipinski definition) is 3. The number of carbonyl (C=O) groups is 2. The molecule has 110 valence electrons. The zero-order chi connectivity index (χ0) is 15.2. The lowest BCUT2D eigenvalue weighted by molar-refractivity contribution is -0.136. The van der Waals surface area contributed by atoms with E-state index < -0.39 is 23.7 Å². The van der Waals surface area contributed by atoms with Crippen molar-refractivity contribution in [1.82, 2.24) is 5.32 Å². The van der Waals surface area contributed by atoms with Crippen molar-refractivity contribution in [2.75, 3.05) is 11.9 Å². The van der Waals surface area contributed by atoms with E-state index in [1.807, 2.05) is 0 Å². The summed E-state index contributed by atoms with van der Waals surface area (Å²) in [5, 5.41) is 17.8. The Hall–Kier alpha value is -2.25. The fourth-order valence-electron chi connectivity index (χ4n) is 1.59. The Morgan fingerprint density at radius 2 is 2.00 bits per heavy atom. The summed E-state index contributed by atoms with van der Waals surface area (Å²) in [7, 11) is 0. The van der Waals surface area contributed by atoms with Crippen LogP contribution >= 0.6 is 11.3 Å². The van der Waals surface area contributed by atoms with Crippen LogP contribution in [0.5, 0.6) is 0 Å². The van der Waals surface area contributed by atoms with E-state index in [0.717, 1.165) is 0 Å². The van der Waals surface area contributed by atoms with E-state index in [1.165, 1.54) is 35.6 Å². The molecule has 1 aromatic carbocycles. The third kappa shape index (κ3) is 4.11. The van der Waals surface area contributed by atoms with Crippen molar-refractivity contribution in [3.05, 3.63) is 52.5 Å². The fourth-order valence-corrected chi connectivity index (χ4v) is 2.30. The van der Waals surface area contributed by atoms with E-state index in [2.05, 4.69) is 10.6 Å². The predicted octanol–water partition coefficient (Wildman–Crippen LogP) is 1.68. The van der Waals surface area contributed by atoms with Gasteiger partial charge >= 0.3 is 11.8 Å². The van der Waals surface area contributed by atoms with E-state index in [4.69, 9.17) is 0 Å². The lowest BCUT2D eigenvalue weighted by Crippen LogP contribution is -2.37. The molecule has 3 N–H and O–H groups in total. The second-order valence-electron chi connectivity index (χ2n) is 4.22. The SMILES string of the molecule is O=C(NCC(O)c1ccsc1)C(=O)Nc1ccccc1F. The standard InChI is InChI=1S/C14H13FN2O3S/c15-10-3-1-2-4-11(10)17-14(20)13(19)16-7-12(18)9-5-6-21-8-9/h1-6,8,12,18H,7H2,(H,16,19)(H,17,20). The van der Waals surface area contributed by atoms with Crippen LogP contribution in [-0.2, 0) is 9.59 Å². The molecule has 21 heavy (non-hydrogen) atoms. The highest BCUT2D eigenvalue weighted by Gasteiger charge is 2.17. The first kappa shape index (κ1) is 15.1. The minimum absolute atomic E-state index is 0.0731. The van der Waals surface area contributed by atoms with Crippen molar-refractivity contribution in [2.45, 2.75) is 6.10 Å². The molecule has 1 aromatic heterocycles. The maximum Gasteiger partial charge on any atom is 0.313 e. The highest BCUT2D eigenvalue weighted by atomic mass is 32.1. The summed E-state index contributed by atoms with van der Waals surface area (Å²) in [6, 6.07) is 7.26. The molecule has 0 fully saturated rings. The van der Waals surface area contributed by atoms with Gasteiger partial charge in [-0.2, -0.15) is 11.3 Å². The van der Waals surface area contributed by atoms with Gasteiger partial charge in [0.25, 0.3) is 0 Å². The number of halogens is 1. The van der Waals surface area contributed by atoms with Gasteiger partial charge in [0.15, 0.2) is 0 Å². The van der Waals surface area contributed by atoms with Crippen LogP contribution in [0, 0.1) is 5.82 Å². The number of aliphatic hydroxyl groups excluding tert-OH is 1. The van der Waals surface area contributed by atoms with Crippen LogP contribution in [-0.4, -0.2) is 23.5 Å². The summed E-state index contributed by atoms with van der Waals surface area (Å²) in [6.07, 6.45) is -0.888. The lowest BCUT2D eigenvalue weighted by Gasteiger charge is -2.10. The third-order valence-corrected chi connectivity index (χ3v) is 3.41. The number of amides is 2. The van der Waals surface area contributed by atoms with Crippen molar-refractivity contribution in [1.29, 1.82) is 0 Å². The second kappa shape index (κ2) is 6.96. The van der Waals surface area contributed by atoms with E-state index in [0.29, 0.717) is 5.56 Å². The van der Waals surface area contributed by atoms with E-state index in [1.54, 1.807) is 16.8 Å². The number of carbonyl (C=O) groups excluding carboxylic acids is 2. The molecule has 2 rings (SSSR count). The molecule has 2 amide bonds. The number of para-hydroxylation sites is 1.